The summed E-state index contributed by atoms with van der Waals surface area (Å²) in [5, 5.41) is 6.98. The molecule has 1 N–H and O–H groups in total. The first kappa shape index (κ1) is 21.8. The summed E-state index contributed by atoms with van der Waals surface area (Å²) in [5.74, 6) is 0.503. The molecular weight excluding hydrogens is 393 g/mol. The van der Waals surface area contributed by atoms with Crippen molar-refractivity contribution in [3.05, 3.63) is 59.5 Å². The standard InChI is InChI=1S/C22H25F3N4O/c1-4-5-9-29(3)14-16-12-27-28-21(16)19-10-17(22(23,24)25)11-20(15(19)2)30-18-7-6-8-26-13-18/h6-8,10-13H,4-5,9,14H2,1-3H3,(H,27,28). The van der Waals surface area contributed by atoms with E-state index in [9.17, 15) is 13.2 Å². The Kier molecular flexibility index (Phi) is 6.77. The third-order valence-electron chi connectivity index (χ3n) is 4.87. The number of alkyl halides is 3. The molecule has 3 rings (SSSR count). The number of rotatable bonds is 8. The van der Waals surface area contributed by atoms with Gasteiger partial charge in [0.05, 0.1) is 23.7 Å². The SMILES string of the molecule is CCCCN(C)Cc1cn[nH]c1-c1cc(C(F)(F)F)cc(Oc2cccnc2)c1C. The van der Waals surface area contributed by atoms with Gasteiger partial charge in [-0.2, -0.15) is 18.3 Å². The monoisotopic (exact) mass is 418 g/mol. The van der Waals surface area contributed by atoms with Gasteiger partial charge in [0.2, 0.25) is 0 Å². The molecule has 30 heavy (non-hydrogen) atoms. The number of unbranched alkanes of at least 4 members (excludes halogenated alkanes) is 1. The summed E-state index contributed by atoms with van der Waals surface area (Å²) in [6.45, 7) is 5.35. The molecule has 0 radical (unpaired) electrons. The topological polar surface area (TPSA) is 54.0 Å². The number of hydrogen-bond donors (Lipinski definition) is 1. The van der Waals surface area contributed by atoms with Crippen LogP contribution in [0.3, 0.4) is 0 Å². The lowest BCUT2D eigenvalue weighted by Crippen LogP contribution is -2.19. The maximum atomic E-state index is 13.6. The van der Waals surface area contributed by atoms with E-state index >= 15 is 0 Å². The molecule has 0 bridgehead atoms. The number of aromatic amines is 1. The zero-order valence-corrected chi connectivity index (χ0v) is 17.3. The van der Waals surface area contributed by atoms with Crippen LogP contribution in [0.1, 0.15) is 36.5 Å². The van der Waals surface area contributed by atoms with Gasteiger partial charge < -0.3 is 9.64 Å². The number of aromatic nitrogens is 3. The fraction of sp³-hybridized carbons (Fsp3) is 0.364. The molecule has 0 saturated carbocycles. The molecule has 160 valence electrons. The summed E-state index contributed by atoms with van der Waals surface area (Å²) in [5.41, 5.74) is 1.64. The fourth-order valence-corrected chi connectivity index (χ4v) is 3.21. The van der Waals surface area contributed by atoms with Crippen LogP contribution in [0.2, 0.25) is 0 Å². The molecular formula is C22H25F3N4O. The molecule has 0 unspecified atom stereocenters. The Morgan fingerprint density at radius 2 is 2.00 bits per heavy atom. The minimum Gasteiger partial charge on any atom is -0.455 e. The second-order valence-electron chi connectivity index (χ2n) is 7.30. The van der Waals surface area contributed by atoms with E-state index in [0.29, 0.717) is 29.1 Å². The molecule has 8 heteroatoms. The van der Waals surface area contributed by atoms with Crippen LogP contribution in [0.5, 0.6) is 11.5 Å². The van der Waals surface area contributed by atoms with Gasteiger partial charge in [0.1, 0.15) is 11.5 Å². The predicted molar refractivity (Wildman–Crippen MR) is 109 cm³/mol. The summed E-state index contributed by atoms with van der Waals surface area (Å²) in [7, 11) is 1.99. The molecule has 0 atom stereocenters. The van der Waals surface area contributed by atoms with Crippen molar-refractivity contribution >= 4 is 0 Å². The van der Waals surface area contributed by atoms with E-state index in [-0.39, 0.29) is 5.75 Å². The molecule has 0 saturated heterocycles. The molecule has 3 aromatic rings. The molecule has 2 aromatic heterocycles. The fourth-order valence-electron chi connectivity index (χ4n) is 3.21. The molecule has 5 nitrogen and oxygen atoms in total. The maximum absolute atomic E-state index is 13.6. The van der Waals surface area contributed by atoms with E-state index in [4.69, 9.17) is 4.74 Å². The van der Waals surface area contributed by atoms with E-state index in [1.807, 2.05) is 7.05 Å². The number of nitrogens with zero attached hydrogens (tertiary/aromatic N) is 3. The molecule has 2 heterocycles. The number of hydrogen-bond acceptors (Lipinski definition) is 4. The smallest absolute Gasteiger partial charge is 0.416 e. The van der Waals surface area contributed by atoms with E-state index < -0.39 is 11.7 Å². The number of H-pyrrole nitrogens is 1. The van der Waals surface area contributed by atoms with Crippen LogP contribution in [0.25, 0.3) is 11.3 Å². The van der Waals surface area contributed by atoms with Crippen LogP contribution in [0.4, 0.5) is 13.2 Å². The lowest BCUT2D eigenvalue weighted by atomic mass is 9.98. The van der Waals surface area contributed by atoms with Crippen molar-refractivity contribution < 1.29 is 17.9 Å². The Hall–Kier alpha value is -2.87. The third-order valence-corrected chi connectivity index (χ3v) is 4.87. The van der Waals surface area contributed by atoms with Crippen LogP contribution >= 0.6 is 0 Å². The van der Waals surface area contributed by atoms with Gasteiger partial charge >= 0.3 is 6.18 Å². The average Bonchev–Trinajstić information content (AvgIpc) is 3.15. The second kappa shape index (κ2) is 9.30. The van der Waals surface area contributed by atoms with Crippen LogP contribution in [0.15, 0.2) is 42.9 Å². The molecule has 0 amide bonds. The lowest BCUT2D eigenvalue weighted by molar-refractivity contribution is -0.137. The Morgan fingerprint density at radius 3 is 2.67 bits per heavy atom. The van der Waals surface area contributed by atoms with Crippen LogP contribution in [-0.2, 0) is 12.7 Å². The van der Waals surface area contributed by atoms with Gasteiger partial charge in [-0.25, -0.2) is 0 Å². The lowest BCUT2D eigenvalue weighted by Gasteiger charge is -2.19. The zero-order valence-electron chi connectivity index (χ0n) is 17.3. The van der Waals surface area contributed by atoms with Crippen LogP contribution < -0.4 is 4.74 Å². The van der Waals surface area contributed by atoms with Crippen molar-refractivity contribution in [2.75, 3.05) is 13.6 Å². The summed E-state index contributed by atoms with van der Waals surface area (Å²) in [6, 6.07) is 5.48. The predicted octanol–water partition coefficient (Wildman–Crippen LogP) is 5.82. The minimum absolute atomic E-state index is 0.132. The first-order valence-electron chi connectivity index (χ1n) is 9.80. The maximum Gasteiger partial charge on any atom is 0.416 e. The number of benzene rings is 1. The molecule has 0 aliphatic heterocycles. The number of halogens is 3. The Bertz CT molecular complexity index is 970. The highest BCUT2D eigenvalue weighted by atomic mass is 19.4. The number of nitrogens with one attached hydrogen (secondary N) is 1. The van der Waals surface area contributed by atoms with Crippen molar-refractivity contribution in [2.24, 2.45) is 0 Å². The summed E-state index contributed by atoms with van der Waals surface area (Å²) in [4.78, 5) is 6.09. The van der Waals surface area contributed by atoms with E-state index in [0.717, 1.165) is 37.1 Å². The molecule has 0 fully saturated rings. The Labute approximate surface area is 173 Å². The first-order valence-corrected chi connectivity index (χ1v) is 9.80. The summed E-state index contributed by atoms with van der Waals surface area (Å²) in [6.07, 6.45) is 2.32. The first-order chi connectivity index (χ1) is 14.3. The number of pyridine rings is 1. The van der Waals surface area contributed by atoms with Gasteiger partial charge in [0.25, 0.3) is 0 Å². The van der Waals surface area contributed by atoms with Crippen LogP contribution in [0, 0.1) is 6.92 Å². The number of ether oxygens (including phenoxy) is 1. The van der Waals surface area contributed by atoms with E-state index in [1.165, 1.54) is 6.20 Å². The van der Waals surface area contributed by atoms with Gasteiger partial charge in [-0.1, -0.05) is 13.3 Å². The highest BCUT2D eigenvalue weighted by Crippen LogP contribution is 2.40. The average molecular weight is 418 g/mol. The van der Waals surface area contributed by atoms with Crippen molar-refractivity contribution in [3.8, 4) is 22.8 Å². The zero-order chi connectivity index (χ0) is 21.7. The summed E-state index contributed by atoms with van der Waals surface area (Å²) >= 11 is 0. The van der Waals surface area contributed by atoms with Gasteiger partial charge in [-0.05, 0) is 51.2 Å². The Balaban J connectivity index is 2.02. The highest BCUT2D eigenvalue weighted by molar-refractivity contribution is 5.70. The van der Waals surface area contributed by atoms with Gasteiger partial charge in [0, 0.05) is 29.4 Å². The van der Waals surface area contributed by atoms with E-state index in [2.05, 4.69) is 27.0 Å². The molecule has 0 spiro atoms. The minimum atomic E-state index is -4.51. The van der Waals surface area contributed by atoms with E-state index in [1.54, 1.807) is 31.5 Å². The largest absolute Gasteiger partial charge is 0.455 e. The molecule has 0 aliphatic rings. The van der Waals surface area contributed by atoms with Crippen molar-refractivity contribution in [2.45, 2.75) is 39.4 Å². The Morgan fingerprint density at radius 1 is 1.20 bits per heavy atom. The second-order valence-corrected chi connectivity index (χ2v) is 7.30. The van der Waals surface area contributed by atoms with Crippen molar-refractivity contribution in [3.63, 3.8) is 0 Å². The van der Waals surface area contributed by atoms with Gasteiger partial charge in [-0.3, -0.25) is 10.1 Å². The van der Waals surface area contributed by atoms with Crippen molar-refractivity contribution in [1.29, 1.82) is 0 Å². The third kappa shape index (κ3) is 5.18. The quantitative estimate of drug-likeness (QED) is 0.501. The highest BCUT2D eigenvalue weighted by Gasteiger charge is 2.33. The molecule has 1 aromatic carbocycles. The van der Waals surface area contributed by atoms with Gasteiger partial charge in [0.15, 0.2) is 0 Å². The molecule has 0 aliphatic carbocycles. The van der Waals surface area contributed by atoms with Crippen LogP contribution in [-0.4, -0.2) is 33.7 Å². The normalized spacial score (nSPS) is 11.8. The van der Waals surface area contributed by atoms with Crippen molar-refractivity contribution in [1.82, 2.24) is 20.1 Å². The summed E-state index contributed by atoms with van der Waals surface area (Å²) < 4.78 is 46.6. The van der Waals surface area contributed by atoms with Gasteiger partial charge in [-0.15, -0.1) is 0 Å².